The molecule has 2 saturated heterocycles. The van der Waals surface area contributed by atoms with Gasteiger partial charge in [0.15, 0.2) is 0 Å². The van der Waals surface area contributed by atoms with E-state index in [1.807, 2.05) is 57.6 Å². The molecule has 1 unspecified atom stereocenters. The van der Waals surface area contributed by atoms with Crippen LogP contribution in [0.3, 0.4) is 0 Å². The second-order valence-corrected chi connectivity index (χ2v) is 9.01. The summed E-state index contributed by atoms with van der Waals surface area (Å²) in [5.41, 5.74) is 1.08. The Kier molecular flexibility index (Phi) is 6.47. The zero-order valence-electron chi connectivity index (χ0n) is 17.0. The summed E-state index contributed by atoms with van der Waals surface area (Å²) in [7, 11) is 0. The SMILES string of the molecule is O=C(Cc1cccs1)N1CCCN(C(=O)C2CC(=O)N(Cc3ccccc3)C2)CC1. The Labute approximate surface area is 181 Å². The molecule has 2 aromatic rings. The Balaban J connectivity index is 1.30. The van der Waals surface area contributed by atoms with Crippen molar-refractivity contribution >= 4 is 29.1 Å². The van der Waals surface area contributed by atoms with Crippen LogP contribution in [0.2, 0.25) is 0 Å². The predicted molar refractivity (Wildman–Crippen MR) is 116 cm³/mol. The van der Waals surface area contributed by atoms with Crippen LogP contribution in [0.5, 0.6) is 0 Å². The van der Waals surface area contributed by atoms with Crippen LogP contribution in [0, 0.1) is 5.92 Å². The third-order valence-electron chi connectivity index (χ3n) is 5.85. The first-order chi connectivity index (χ1) is 14.6. The third-order valence-corrected chi connectivity index (χ3v) is 6.72. The Hall–Kier alpha value is -2.67. The van der Waals surface area contributed by atoms with Crippen LogP contribution in [0.4, 0.5) is 0 Å². The summed E-state index contributed by atoms with van der Waals surface area (Å²) >= 11 is 1.59. The van der Waals surface area contributed by atoms with E-state index < -0.39 is 0 Å². The van der Waals surface area contributed by atoms with E-state index in [9.17, 15) is 14.4 Å². The van der Waals surface area contributed by atoms with Crippen molar-refractivity contribution in [2.45, 2.75) is 25.8 Å². The fourth-order valence-corrected chi connectivity index (χ4v) is 4.91. The van der Waals surface area contributed by atoms with Crippen LogP contribution in [0.25, 0.3) is 0 Å². The van der Waals surface area contributed by atoms with Crippen molar-refractivity contribution in [2.24, 2.45) is 5.92 Å². The van der Waals surface area contributed by atoms with E-state index in [1.165, 1.54) is 0 Å². The summed E-state index contributed by atoms with van der Waals surface area (Å²) in [4.78, 5) is 44.7. The van der Waals surface area contributed by atoms with E-state index in [0.717, 1.165) is 16.9 Å². The number of rotatable bonds is 5. The van der Waals surface area contributed by atoms with Gasteiger partial charge >= 0.3 is 0 Å². The molecular formula is C23H27N3O3S. The van der Waals surface area contributed by atoms with Crippen molar-refractivity contribution in [1.29, 1.82) is 0 Å². The fraction of sp³-hybridized carbons (Fsp3) is 0.435. The number of benzene rings is 1. The number of thiophene rings is 1. The van der Waals surface area contributed by atoms with Crippen LogP contribution in [-0.4, -0.2) is 65.1 Å². The minimum atomic E-state index is -0.283. The highest BCUT2D eigenvalue weighted by Crippen LogP contribution is 2.23. The van der Waals surface area contributed by atoms with Gasteiger partial charge in [-0.25, -0.2) is 0 Å². The lowest BCUT2D eigenvalue weighted by Gasteiger charge is -2.24. The summed E-state index contributed by atoms with van der Waals surface area (Å²) in [6.45, 7) is 3.45. The molecular weight excluding hydrogens is 398 g/mol. The summed E-state index contributed by atoms with van der Waals surface area (Å²) in [5, 5.41) is 1.98. The van der Waals surface area contributed by atoms with Gasteiger partial charge in [0.25, 0.3) is 0 Å². The van der Waals surface area contributed by atoms with E-state index in [2.05, 4.69) is 0 Å². The third kappa shape index (κ3) is 4.90. The lowest BCUT2D eigenvalue weighted by Crippen LogP contribution is -2.41. The highest BCUT2D eigenvalue weighted by Gasteiger charge is 2.37. The number of carbonyl (C=O) groups excluding carboxylic acids is 3. The van der Waals surface area contributed by atoms with Gasteiger partial charge in [-0.2, -0.15) is 0 Å². The fourth-order valence-electron chi connectivity index (χ4n) is 4.21. The van der Waals surface area contributed by atoms with Crippen LogP contribution in [0.1, 0.15) is 23.3 Å². The molecule has 2 aliphatic heterocycles. The Morgan fingerprint density at radius 3 is 2.50 bits per heavy atom. The minimum absolute atomic E-state index is 0.0415. The van der Waals surface area contributed by atoms with E-state index in [-0.39, 0.29) is 30.1 Å². The molecule has 0 spiro atoms. The summed E-state index contributed by atoms with van der Waals surface area (Å²) < 4.78 is 0. The van der Waals surface area contributed by atoms with Gasteiger partial charge in [0.05, 0.1) is 12.3 Å². The molecule has 0 N–H and O–H groups in total. The lowest BCUT2D eigenvalue weighted by molar-refractivity contribution is -0.136. The first-order valence-corrected chi connectivity index (χ1v) is 11.4. The Morgan fingerprint density at radius 1 is 0.967 bits per heavy atom. The highest BCUT2D eigenvalue weighted by atomic mass is 32.1. The minimum Gasteiger partial charge on any atom is -0.341 e. The van der Waals surface area contributed by atoms with E-state index in [1.54, 1.807) is 16.2 Å². The maximum Gasteiger partial charge on any atom is 0.228 e. The summed E-state index contributed by atoms with van der Waals surface area (Å²) in [5.74, 6) is -0.0716. The van der Waals surface area contributed by atoms with Crippen molar-refractivity contribution in [3.63, 3.8) is 0 Å². The summed E-state index contributed by atoms with van der Waals surface area (Å²) in [6, 6.07) is 13.8. The Bertz CT molecular complexity index is 884. The second kappa shape index (κ2) is 9.43. The molecule has 0 saturated carbocycles. The number of amides is 3. The molecule has 1 aromatic heterocycles. The molecule has 1 atom stereocenters. The van der Waals surface area contributed by atoms with Crippen LogP contribution in [0.15, 0.2) is 47.8 Å². The zero-order chi connectivity index (χ0) is 20.9. The van der Waals surface area contributed by atoms with Gasteiger partial charge in [-0.05, 0) is 23.4 Å². The predicted octanol–water partition coefficient (Wildman–Crippen LogP) is 2.40. The molecule has 6 nitrogen and oxygen atoms in total. The first-order valence-electron chi connectivity index (χ1n) is 10.5. The number of hydrogen-bond donors (Lipinski definition) is 0. The molecule has 30 heavy (non-hydrogen) atoms. The van der Waals surface area contributed by atoms with Gasteiger partial charge in [-0.3, -0.25) is 14.4 Å². The average molecular weight is 426 g/mol. The molecule has 0 radical (unpaired) electrons. The van der Waals surface area contributed by atoms with Gasteiger partial charge < -0.3 is 14.7 Å². The van der Waals surface area contributed by atoms with Gasteiger partial charge in [0, 0.05) is 50.6 Å². The maximum atomic E-state index is 13.1. The van der Waals surface area contributed by atoms with Crippen molar-refractivity contribution in [3.05, 3.63) is 58.3 Å². The van der Waals surface area contributed by atoms with Crippen molar-refractivity contribution in [3.8, 4) is 0 Å². The molecule has 2 fully saturated rings. The van der Waals surface area contributed by atoms with E-state index >= 15 is 0 Å². The van der Waals surface area contributed by atoms with Gasteiger partial charge in [0.1, 0.15) is 0 Å². The normalized spacial score (nSPS) is 19.8. The number of carbonyl (C=O) groups is 3. The van der Waals surface area contributed by atoms with E-state index in [4.69, 9.17) is 0 Å². The molecule has 0 bridgehead atoms. The molecule has 1 aromatic carbocycles. The van der Waals surface area contributed by atoms with Gasteiger partial charge in [-0.1, -0.05) is 36.4 Å². The Morgan fingerprint density at radius 2 is 1.73 bits per heavy atom. The van der Waals surface area contributed by atoms with Crippen LogP contribution in [-0.2, 0) is 27.3 Å². The molecule has 158 valence electrons. The number of likely N-dealkylation sites (tertiary alicyclic amines) is 1. The quantitative estimate of drug-likeness (QED) is 0.739. The lowest BCUT2D eigenvalue weighted by atomic mass is 10.1. The largest absolute Gasteiger partial charge is 0.341 e. The van der Waals surface area contributed by atoms with E-state index in [0.29, 0.717) is 45.7 Å². The van der Waals surface area contributed by atoms with Crippen molar-refractivity contribution in [1.82, 2.24) is 14.7 Å². The zero-order valence-corrected chi connectivity index (χ0v) is 17.9. The number of nitrogens with zero attached hydrogens (tertiary/aromatic N) is 3. The molecule has 4 rings (SSSR count). The van der Waals surface area contributed by atoms with Crippen LogP contribution >= 0.6 is 11.3 Å². The molecule has 7 heteroatoms. The first kappa shape index (κ1) is 20.6. The highest BCUT2D eigenvalue weighted by molar-refractivity contribution is 7.10. The van der Waals surface area contributed by atoms with Gasteiger partial charge in [-0.15, -0.1) is 11.3 Å². The van der Waals surface area contributed by atoms with Crippen LogP contribution < -0.4 is 0 Å². The number of hydrogen-bond acceptors (Lipinski definition) is 4. The molecule has 2 aliphatic rings. The molecule has 3 amide bonds. The van der Waals surface area contributed by atoms with Gasteiger partial charge in [0.2, 0.25) is 17.7 Å². The monoisotopic (exact) mass is 425 g/mol. The standard InChI is InChI=1S/C23H27N3O3S/c27-21-14-19(17-26(21)16-18-6-2-1-3-7-18)23(29)25-10-5-9-24(11-12-25)22(28)15-20-8-4-13-30-20/h1-4,6-8,13,19H,5,9-12,14-17H2. The molecule has 3 heterocycles. The topological polar surface area (TPSA) is 60.9 Å². The smallest absolute Gasteiger partial charge is 0.228 e. The molecule has 0 aliphatic carbocycles. The summed E-state index contributed by atoms with van der Waals surface area (Å²) in [6.07, 6.45) is 1.48. The maximum absolute atomic E-state index is 13.1. The van der Waals surface area contributed by atoms with Crippen molar-refractivity contribution < 1.29 is 14.4 Å². The second-order valence-electron chi connectivity index (χ2n) is 7.98. The van der Waals surface area contributed by atoms with Crippen molar-refractivity contribution in [2.75, 3.05) is 32.7 Å². The average Bonchev–Trinajstić information content (AvgIpc) is 3.31.